The molecule has 2 heteroatoms. The van der Waals surface area contributed by atoms with Crippen molar-refractivity contribution in [2.24, 2.45) is 0 Å². The van der Waals surface area contributed by atoms with Crippen LogP contribution in [0.1, 0.15) is 42.5 Å². The lowest BCUT2D eigenvalue weighted by Crippen LogP contribution is -2.30. The van der Waals surface area contributed by atoms with Crippen LogP contribution < -0.4 is 5.32 Å². The third kappa shape index (κ3) is 1.94. The molecule has 14 heavy (non-hydrogen) atoms. The van der Waals surface area contributed by atoms with E-state index in [-0.39, 0.29) is 12.4 Å². The number of nitrogens with one attached hydrogen (secondary N) is 1. The first kappa shape index (κ1) is 11.5. The molecule has 2 rings (SSSR count). The number of halogens is 1. The number of aryl methyl sites for hydroxylation is 1. The first-order valence-corrected chi connectivity index (χ1v) is 5.02. The maximum absolute atomic E-state index is 3.51. The molecule has 1 heterocycles. The van der Waals surface area contributed by atoms with Crippen LogP contribution in [-0.4, -0.2) is 6.54 Å². The fourth-order valence-corrected chi connectivity index (χ4v) is 2.09. The zero-order chi connectivity index (χ0) is 9.42. The van der Waals surface area contributed by atoms with Crippen LogP contribution in [0.3, 0.4) is 0 Å². The van der Waals surface area contributed by atoms with E-state index in [1.807, 2.05) is 0 Å². The fraction of sp³-hybridized carbons (Fsp3) is 0.500. The molecule has 0 aromatic heterocycles. The summed E-state index contributed by atoms with van der Waals surface area (Å²) in [5, 5.41) is 3.51. The van der Waals surface area contributed by atoms with Gasteiger partial charge in [-0.3, -0.25) is 0 Å². The minimum atomic E-state index is 0. The Hall–Kier alpha value is -0.530. The Morgan fingerprint density at radius 1 is 1.21 bits per heavy atom. The molecule has 1 aromatic carbocycles. The van der Waals surface area contributed by atoms with Gasteiger partial charge in [-0.15, -0.1) is 12.4 Å². The van der Waals surface area contributed by atoms with Gasteiger partial charge in [-0.2, -0.15) is 0 Å². The smallest absolute Gasteiger partial charge is 0.0294 e. The van der Waals surface area contributed by atoms with Crippen molar-refractivity contribution in [3.8, 4) is 0 Å². The first-order chi connectivity index (χ1) is 6.18. The third-order valence-electron chi connectivity index (χ3n) is 2.97. The third-order valence-corrected chi connectivity index (χ3v) is 2.97. The lowest BCUT2D eigenvalue weighted by molar-refractivity contribution is 0.495. The average Bonchev–Trinajstić information content (AvgIpc) is 2.12. The summed E-state index contributed by atoms with van der Waals surface area (Å²) in [6, 6.07) is 7.32. The number of rotatable bonds is 0. The lowest BCUT2D eigenvalue weighted by atomic mass is 9.87. The Bertz CT molecular complexity index is 322. The maximum Gasteiger partial charge on any atom is 0.0294 e. The lowest BCUT2D eigenvalue weighted by Gasteiger charge is -2.29. The quantitative estimate of drug-likeness (QED) is 0.695. The Morgan fingerprint density at radius 2 is 1.93 bits per heavy atom. The van der Waals surface area contributed by atoms with Crippen LogP contribution in [0.25, 0.3) is 0 Å². The van der Waals surface area contributed by atoms with E-state index >= 15 is 0 Å². The van der Waals surface area contributed by atoms with Crippen molar-refractivity contribution >= 4 is 12.4 Å². The number of fused-ring (bicyclic) bond motifs is 1. The van der Waals surface area contributed by atoms with E-state index < -0.39 is 0 Å². The molecule has 0 radical (unpaired) electrons. The molecule has 0 fully saturated rings. The van der Waals surface area contributed by atoms with Gasteiger partial charge < -0.3 is 5.32 Å². The minimum absolute atomic E-state index is 0. The van der Waals surface area contributed by atoms with Crippen molar-refractivity contribution in [1.29, 1.82) is 0 Å². The molecule has 0 saturated heterocycles. The van der Waals surface area contributed by atoms with E-state index in [4.69, 9.17) is 0 Å². The summed E-state index contributed by atoms with van der Waals surface area (Å²) in [5.74, 6) is 0.658. The van der Waals surface area contributed by atoms with Crippen LogP contribution in [-0.2, 0) is 0 Å². The van der Waals surface area contributed by atoms with Crippen LogP contribution >= 0.6 is 12.4 Å². The second kappa shape index (κ2) is 4.33. The standard InChI is InChI=1S/C12H17N.ClH/c1-8-4-5-11-10(3)13-7-9(2)12(11)6-8;/h4-6,9-10,13H,7H2,1-3H3;1H. The van der Waals surface area contributed by atoms with Crippen LogP contribution in [0, 0.1) is 6.92 Å². The predicted molar refractivity (Wildman–Crippen MR) is 63.3 cm³/mol. The van der Waals surface area contributed by atoms with Gasteiger partial charge in [0.25, 0.3) is 0 Å². The predicted octanol–water partition coefficient (Wildman–Crippen LogP) is 3.18. The molecule has 1 aromatic rings. The van der Waals surface area contributed by atoms with E-state index in [0.717, 1.165) is 6.54 Å². The number of hydrogen-bond donors (Lipinski definition) is 1. The van der Waals surface area contributed by atoms with E-state index in [9.17, 15) is 0 Å². The molecule has 1 nitrogen and oxygen atoms in total. The van der Waals surface area contributed by atoms with Crippen molar-refractivity contribution in [2.75, 3.05) is 6.54 Å². The summed E-state index contributed by atoms with van der Waals surface area (Å²) in [6.45, 7) is 7.80. The SMILES string of the molecule is Cc1ccc2c(c1)C(C)CNC2C.Cl. The average molecular weight is 212 g/mol. The molecule has 0 saturated carbocycles. The van der Waals surface area contributed by atoms with E-state index in [1.54, 1.807) is 0 Å². The van der Waals surface area contributed by atoms with Crippen molar-refractivity contribution in [3.05, 3.63) is 34.9 Å². The highest BCUT2D eigenvalue weighted by molar-refractivity contribution is 5.85. The van der Waals surface area contributed by atoms with Gasteiger partial charge in [-0.25, -0.2) is 0 Å². The molecule has 1 aliphatic heterocycles. The monoisotopic (exact) mass is 211 g/mol. The Morgan fingerprint density at radius 3 is 2.64 bits per heavy atom. The zero-order valence-electron chi connectivity index (χ0n) is 9.00. The van der Waals surface area contributed by atoms with Crippen molar-refractivity contribution < 1.29 is 0 Å². The van der Waals surface area contributed by atoms with E-state index in [1.165, 1.54) is 16.7 Å². The molecule has 2 unspecified atom stereocenters. The molecule has 1 aliphatic rings. The summed E-state index contributed by atoms with van der Waals surface area (Å²) in [6.07, 6.45) is 0. The Balaban J connectivity index is 0.000000980. The van der Waals surface area contributed by atoms with Crippen LogP contribution in [0.15, 0.2) is 18.2 Å². The van der Waals surface area contributed by atoms with Gasteiger partial charge in [-0.05, 0) is 30.9 Å². The van der Waals surface area contributed by atoms with E-state index in [0.29, 0.717) is 12.0 Å². The van der Waals surface area contributed by atoms with Gasteiger partial charge in [-0.1, -0.05) is 30.7 Å². The molecule has 0 bridgehead atoms. The highest BCUT2D eigenvalue weighted by atomic mass is 35.5. The fourth-order valence-electron chi connectivity index (χ4n) is 2.09. The molecule has 0 spiro atoms. The van der Waals surface area contributed by atoms with Gasteiger partial charge in [0.1, 0.15) is 0 Å². The Kier molecular flexibility index (Phi) is 3.57. The van der Waals surface area contributed by atoms with Crippen molar-refractivity contribution in [1.82, 2.24) is 5.32 Å². The highest BCUT2D eigenvalue weighted by Gasteiger charge is 2.20. The largest absolute Gasteiger partial charge is 0.310 e. The number of benzene rings is 1. The van der Waals surface area contributed by atoms with Gasteiger partial charge in [0.05, 0.1) is 0 Å². The molecule has 2 atom stereocenters. The molecule has 78 valence electrons. The van der Waals surface area contributed by atoms with Crippen molar-refractivity contribution in [2.45, 2.75) is 32.7 Å². The first-order valence-electron chi connectivity index (χ1n) is 5.02. The second-order valence-electron chi connectivity index (χ2n) is 4.16. The maximum atomic E-state index is 3.51. The molecular weight excluding hydrogens is 194 g/mol. The van der Waals surface area contributed by atoms with Gasteiger partial charge in [0.15, 0.2) is 0 Å². The Labute approximate surface area is 92.3 Å². The van der Waals surface area contributed by atoms with E-state index in [2.05, 4.69) is 44.3 Å². The zero-order valence-corrected chi connectivity index (χ0v) is 9.82. The normalized spacial score (nSPS) is 25.1. The summed E-state index contributed by atoms with van der Waals surface area (Å²) in [5.41, 5.74) is 4.38. The second-order valence-corrected chi connectivity index (χ2v) is 4.16. The summed E-state index contributed by atoms with van der Waals surface area (Å²) >= 11 is 0. The van der Waals surface area contributed by atoms with Gasteiger partial charge >= 0.3 is 0 Å². The molecular formula is C12H18ClN. The summed E-state index contributed by atoms with van der Waals surface area (Å²) < 4.78 is 0. The van der Waals surface area contributed by atoms with Crippen molar-refractivity contribution in [3.63, 3.8) is 0 Å². The van der Waals surface area contributed by atoms with Crippen LogP contribution in [0.4, 0.5) is 0 Å². The molecule has 1 N–H and O–H groups in total. The van der Waals surface area contributed by atoms with Gasteiger partial charge in [0.2, 0.25) is 0 Å². The topological polar surface area (TPSA) is 12.0 Å². The van der Waals surface area contributed by atoms with Gasteiger partial charge in [0, 0.05) is 12.6 Å². The number of hydrogen-bond acceptors (Lipinski definition) is 1. The minimum Gasteiger partial charge on any atom is -0.310 e. The molecule has 0 amide bonds. The summed E-state index contributed by atoms with van der Waals surface area (Å²) in [7, 11) is 0. The molecule has 0 aliphatic carbocycles. The van der Waals surface area contributed by atoms with Crippen LogP contribution in [0.5, 0.6) is 0 Å². The summed E-state index contributed by atoms with van der Waals surface area (Å²) in [4.78, 5) is 0. The van der Waals surface area contributed by atoms with Crippen LogP contribution in [0.2, 0.25) is 0 Å². The highest BCUT2D eigenvalue weighted by Crippen LogP contribution is 2.29.